The van der Waals surface area contributed by atoms with Crippen LogP contribution in [0, 0.1) is 0 Å². The summed E-state index contributed by atoms with van der Waals surface area (Å²) < 4.78 is 27.6. The molecule has 0 saturated carbocycles. The molecule has 0 aliphatic rings. The Morgan fingerprint density at radius 1 is 0.794 bits per heavy atom. The molecule has 0 bridgehead atoms. The van der Waals surface area contributed by atoms with Crippen molar-refractivity contribution in [2.75, 3.05) is 17.2 Å². The van der Waals surface area contributed by atoms with Crippen LogP contribution in [0.3, 0.4) is 0 Å². The molecule has 0 aliphatic heterocycles. The minimum atomic E-state index is -3.65. The molecule has 8 heteroatoms. The third kappa shape index (κ3) is 7.54. The average Bonchev–Trinajstić information content (AvgIpc) is 2.84. The SMILES string of the molecule is CCCCC(=O)Nc1ccc(C(=O)Nc2ccc(S(=O)(=O)NCCc3ccccc3)cc2)cc1. The van der Waals surface area contributed by atoms with E-state index in [1.165, 1.54) is 12.1 Å². The van der Waals surface area contributed by atoms with Crippen molar-refractivity contribution >= 4 is 33.2 Å². The van der Waals surface area contributed by atoms with E-state index in [1.807, 2.05) is 37.3 Å². The predicted molar refractivity (Wildman–Crippen MR) is 134 cm³/mol. The van der Waals surface area contributed by atoms with Gasteiger partial charge in [-0.05, 0) is 66.9 Å². The topological polar surface area (TPSA) is 104 Å². The van der Waals surface area contributed by atoms with Gasteiger partial charge in [0.15, 0.2) is 0 Å². The third-order valence-electron chi connectivity index (χ3n) is 5.16. The smallest absolute Gasteiger partial charge is 0.255 e. The number of sulfonamides is 1. The molecule has 0 aliphatic carbocycles. The molecule has 7 nitrogen and oxygen atoms in total. The predicted octanol–water partition coefficient (Wildman–Crippen LogP) is 4.59. The summed E-state index contributed by atoms with van der Waals surface area (Å²) in [5.74, 6) is -0.385. The van der Waals surface area contributed by atoms with E-state index in [0.717, 1.165) is 18.4 Å². The first-order valence-corrected chi connectivity index (χ1v) is 12.7. The van der Waals surface area contributed by atoms with Crippen LogP contribution in [-0.4, -0.2) is 26.8 Å². The highest BCUT2D eigenvalue weighted by molar-refractivity contribution is 7.89. The third-order valence-corrected chi connectivity index (χ3v) is 6.64. The van der Waals surface area contributed by atoms with Crippen molar-refractivity contribution in [2.45, 2.75) is 37.5 Å². The Hall–Kier alpha value is -3.49. The summed E-state index contributed by atoms with van der Waals surface area (Å²) >= 11 is 0. The minimum Gasteiger partial charge on any atom is -0.326 e. The van der Waals surface area contributed by atoms with Gasteiger partial charge in [-0.1, -0.05) is 43.7 Å². The van der Waals surface area contributed by atoms with Gasteiger partial charge < -0.3 is 10.6 Å². The molecule has 0 aromatic heterocycles. The Bertz CT molecular complexity index is 1190. The number of amides is 2. The molecule has 0 atom stereocenters. The molecule has 0 spiro atoms. The maximum atomic E-state index is 12.5. The summed E-state index contributed by atoms with van der Waals surface area (Å²) in [6.07, 6.45) is 2.84. The number of rotatable bonds is 11. The van der Waals surface area contributed by atoms with Gasteiger partial charge in [0.1, 0.15) is 0 Å². The lowest BCUT2D eigenvalue weighted by Crippen LogP contribution is -2.26. The van der Waals surface area contributed by atoms with Crippen LogP contribution >= 0.6 is 0 Å². The molecule has 2 amide bonds. The molecule has 178 valence electrons. The number of anilines is 2. The van der Waals surface area contributed by atoms with Crippen molar-refractivity contribution in [1.29, 1.82) is 0 Å². The van der Waals surface area contributed by atoms with E-state index < -0.39 is 10.0 Å². The normalized spacial score (nSPS) is 11.1. The Balaban J connectivity index is 1.53. The largest absolute Gasteiger partial charge is 0.326 e. The van der Waals surface area contributed by atoms with Crippen molar-refractivity contribution in [3.63, 3.8) is 0 Å². The number of unbranched alkanes of at least 4 members (excludes halogenated alkanes) is 1. The first-order valence-electron chi connectivity index (χ1n) is 11.2. The minimum absolute atomic E-state index is 0.0522. The van der Waals surface area contributed by atoms with E-state index in [1.54, 1.807) is 36.4 Å². The van der Waals surface area contributed by atoms with E-state index >= 15 is 0 Å². The molecular formula is C26H29N3O4S. The van der Waals surface area contributed by atoms with Crippen molar-refractivity contribution in [3.8, 4) is 0 Å². The van der Waals surface area contributed by atoms with Gasteiger partial charge >= 0.3 is 0 Å². The zero-order valence-electron chi connectivity index (χ0n) is 19.1. The van der Waals surface area contributed by atoms with Crippen molar-refractivity contribution in [1.82, 2.24) is 4.72 Å². The lowest BCUT2D eigenvalue weighted by atomic mass is 10.1. The van der Waals surface area contributed by atoms with Crippen molar-refractivity contribution in [3.05, 3.63) is 90.0 Å². The van der Waals surface area contributed by atoms with Gasteiger partial charge in [-0.15, -0.1) is 0 Å². The second-order valence-electron chi connectivity index (χ2n) is 7.84. The van der Waals surface area contributed by atoms with Crippen LogP contribution in [-0.2, 0) is 21.2 Å². The zero-order valence-corrected chi connectivity index (χ0v) is 19.9. The summed E-state index contributed by atoms with van der Waals surface area (Å²) in [6.45, 7) is 2.32. The van der Waals surface area contributed by atoms with E-state index in [-0.39, 0.29) is 16.7 Å². The Morgan fingerprint density at radius 3 is 2.06 bits per heavy atom. The van der Waals surface area contributed by atoms with Gasteiger partial charge in [0.05, 0.1) is 4.90 Å². The fourth-order valence-electron chi connectivity index (χ4n) is 3.24. The molecule has 3 aromatic carbocycles. The molecule has 3 rings (SSSR count). The van der Waals surface area contributed by atoms with E-state index in [4.69, 9.17) is 0 Å². The number of nitrogens with one attached hydrogen (secondary N) is 3. The molecule has 0 fully saturated rings. The molecule has 0 radical (unpaired) electrons. The van der Waals surface area contributed by atoms with Crippen LogP contribution in [0.5, 0.6) is 0 Å². The molecule has 3 aromatic rings. The van der Waals surface area contributed by atoms with E-state index in [9.17, 15) is 18.0 Å². The van der Waals surface area contributed by atoms with Gasteiger partial charge in [-0.25, -0.2) is 13.1 Å². The quantitative estimate of drug-likeness (QED) is 0.374. The Labute approximate surface area is 200 Å². The molecule has 3 N–H and O–H groups in total. The maximum absolute atomic E-state index is 12.5. The lowest BCUT2D eigenvalue weighted by Gasteiger charge is -2.09. The van der Waals surface area contributed by atoms with Crippen LogP contribution < -0.4 is 15.4 Å². The molecule has 0 heterocycles. The highest BCUT2D eigenvalue weighted by Crippen LogP contribution is 2.16. The van der Waals surface area contributed by atoms with Crippen LogP contribution in [0.1, 0.15) is 42.1 Å². The van der Waals surface area contributed by atoms with Gasteiger partial charge in [-0.3, -0.25) is 9.59 Å². The maximum Gasteiger partial charge on any atom is 0.255 e. The fraction of sp³-hybridized carbons (Fsp3) is 0.231. The molecule has 0 saturated heterocycles. The molecular weight excluding hydrogens is 450 g/mol. The second kappa shape index (κ2) is 12.1. The van der Waals surface area contributed by atoms with Crippen LogP contribution in [0.2, 0.25) is 0 Å². The number of benzene rings is 3. The zero-order chi connectivity index (χ0) is 24.4. The number of carbonyl (C=O) groups excluding carboxylic acids is 2. The second-order valence-corrected chi connectivity index (χ2v) is 9.61. The summed E-state index contributed by atoms with van der Waals surface area (Å²) in [5.41, 5.74) is 2.58. The Morgan fingerprint density at radius 2 is 1.41 bits per heavy atom. The van der Waals surface area contributed by atoms with Crippen molar-refractivity contribution in [2.24, 2.45) is 0 Å². The summed E-state index contributed by atoms with van der Waals surface area (Å²) in [4.78, 5) is 24.5. The van der Waals surface area contributed by atoms with Crippen LogP contribution in [0.25, 0.3) is 0 Å². The van der Waals surface area contributed by atoms with Gasteiger partial charge in [0, 0.05) is 29.9 Å². The highest BCUT2D eigenvalue weighted by atomic mass is 32.2. The van der Waals surface area contributed by atoms with Gasteiger partial charge in [0.25, 0.3) is 5.91 Å². The molecule has 0 unspecified atom stereocenters. The van der Waals surface area contributed by atoms with Crippen molar-refractivity contribution < 1.29 is 18.0 Å². The standard InChI is InChI=1S/C26H29N3O4S/c1-2-3-9-25(30)28-22-12-10-21(11-13-22)26(31)29-23-14-16-24(17-15-23)34(32,33)27-19-18-20-7-5-4-6-8-20/h4-8,10-17,27H,2-3,9,18-19H2,1H3,(H,28,30)(H,29,31). The van der Waals surface area contributed by atoms with E-state index in [2.05, 4.69) is 15.4 Å². The van der Waals surface area contributed by atoms with Gasteiger partial charge in [0.2, 0.25) is 15.9 Å². The Kier molecular flexibility index (Phi) is 8.95. The number of hydrogen-bond donors (Lipinski definition) is 3. The average molecular weight is 480 g/mol. The van der Waals surface area contributed by atoms with Crippen LogP contribution in [0.15, 0.2) is 83.8 Å². The first kappa shape index (κ1) is 25.1. The summed E-state index contributed by atoms with van der Waals surface area (Å²) in [7, 11) is -3.65. The number of hydrogen-bond acceptors (Lipinski definition) is 4. The summed E-state index contributed by atoms with van der Waals surface area (Å²) in [6, 6.07) is 22.2. The monoisotopic (exact) mass is 479 g/mol. The van der Waals surface area contributed by atoms with Crippen LogP contribution in [0.4, 0.5) is 11.4 Å². The van der Waals surface area contributed by atoms with E-state index in [0.29, 0.717) is 36.3 Å². The first-order chi connectivity index (χ1) is 16.4. The molecule has 34 heavy (non-hydrogen) atoms. The lowest BCUT2D eigenvalue weighted by molar-refractivity contribution is -0.116. The number of carbonyl (C=O) groups is 2. The van der Waals surface area contributed by atoms with Gasteiger partial charge in [-0.2, -0.15) is 0 Å². The fourth-order valence-corrected chi connectivity index (χ4v) is 4.28. The summed E-state index contributed by atoms with van der Waals surface area (Å²) in [5, 5.41) is 5.55. The highest BCUT2D eigenvalue weighted by Gasteiger charge is 2.14.